The van der Waals surface area contributed by atoms with Gasteiger partial charge in [-0.15, -0.1) is 0 Å². The largest absolute Gasteiger partial charge is 0.348 e. The molecule has 1 fully saturated rings. The first kappa shape index (κ1) is 16.7. The number of nitrogens with zero attached hydrogens (tertiary/aromatic N) is 4. The van der Waals surface area contributed by atoms with E-state index in [4.69, 9.17) is 0 Å². The van der Waals surface area contributed by atoms with Crippen LogP contribution in [0, 0.1) is 0 Å². The zero-order chi connectivity index (χ0) is 19.1. The molecule has 28 heavy (non-hydrogen) atoms. The van der Waals surface area contributed by atoms with Crippen LogP contribution in [0.3, 0.4) is 0 Å². The summed E-state index contributed by atoms with van der Waals surface area (Å²) in [7, 11) is 0. The number of alkyl halides is 1. The van der Waals surface area contributed by atoms with Crippen molar-refractivity contribution in [2.75, 3.05) is 10.6 Å². The Balaban J connectivity index is 1.29. The Morgan fingerprint density at radius 3 is 2.93 bits per heavy atom. The topological polar surface area (TPSA) is 107 Å². The molecule has 0 spiro atoms. The highest BCUT2D eigenvalue weighted by Crippen LogP contribution is 2.43. The van der Waals surface area contributed by atoms with E-state index in [1.807, 2.05) is 25.1 Å². The minimum atomic E-state index is -0.759. The maximum Gasteiger partial charge on any atom is 0.225 e. The first-order valence-electron chi connectivity index (χ1n) is 9.15. The van der Waals surface area contributed by atoms with Crippen LogP contribution in [0.4, 0.5) is 22.0 Å². The number of hydrogen-bond donors (Lipinski definition) is 4. The van der Waals surface area contributed by atoms with Gasteiger partial charge in [0.05, 0.1) is 23.4 Å². The Morgan fingerprint density at radius 2 is 2.07 bits per heavy atom. The van der Waals surface area contributed by atoms with Gasteiger partial charge in [-0.05, 0) is 37.1 Å². The van der Waals surface area contributed by atoms with Gasteiger partial charge >= 0.3 is 0 Å². The van der Waals surface area contributed by atoms with Crippen molar-refractivity contribution in [3.8, 4) is 0 Å². The van der Waals surface area contributed by atoms with Crippen LogP contribution in [0.5, 0.6) is 0 Å². The highest BCUT2D eigenvalue weighted by atomic mass is 19.1. The van der Waals surface area contributed by atoms with Gasteiger partial charge in [-0.3, -0.25) is 5.10 Å². The predicted molar refractivity (Wildman–Crippen MR) is 104 cm³/mol. The highest BCUT2D eigenvalue weighted by molar-refractivity contribution is 5.75. The van der Waals surface area contributed by atoms with Gasteiger partial charge in [0.1, 0.15) is 12.0 Å². The summed E-state index contributed by atoms with van der Waals surface area (Å²) in [5, 5.41) is 13.5. The smallest absolute Gasteiger partial charge is 0.225 e. The fourth-order valence-electron chi connectivity index (χ4n) is 3.21. The van der Waals surface area contributed by atoms with E-state index in [2.05, 4.69) is 46.8 Å². The number of H-pyrrole nitrogens is 2. The second-order valence-electron chi connectivity index (χ2n) is 7.00. The lowest BCUT2D eigenvalue weighted by Gasteiger charge is -2.14. The van der Waals surface area contributed by atoms with Crippen molar-refractivity contribution in [2.45, 2.75) is 31.5 Å². The molecular weight excluding hydrogens is 359 g/mol. The van der Waals surface area contributed by atoms with Crippen LogP contribution >= 0.6 is 0 Å². The summed E-state index contributed by atoms with van der Waals surface area (Å²) in [5.41, 5.74) is 3.83. The molecule has 4 N–H and O–H groups in total. The number of halogens is 1. The summed E-state index contributed by atoms with van der Waals surface area (Å²) >= 11 is 0. The Kier molecular flexibility index (Phi) is 3.92. The van der Waals surface area contributed by atoms with E-state index in [1.165, 1.54) is 0 Å². The van der Waals surface area contributed by atoms with E-state index < -0.39 is 6.17 Å². The van der Waals surface area contributed by atoms with Crippen LogP contribution in [-0.4, -0.2) is 36.3 Å². The molecule has 3 heterocycles. The summed E-state index contributed by atoms with van der Waals surface area (Å²) in [6.45, 7) is 2.05. The van der Waals surface area contributed by atoms with Crippen LogP contribution < -0.4 is 10.6 Å². The number of rotatable bonds is 6. The monoisotopic (exact) mass is 378 g/mol. The Bertz CT molecular complexity index is 1120. The Labute approximate surface area is 160 Å². The van der Waals surface area contributed by atoms with Crippen molar-refractivity contribution in [3.05, 3.63) is 54.1 Å². The minimum Gasteiger partial charge on any atom is -0.348 e. The van der Waals surface area contributed by atoms with Crippen LogP contribution in [0.25, 0.3) is 11.0 Å². The first-order valence-corrected chi connectivity index (χ1v) is 9.15. The molecule has 0 radical (unpaired) electrons. The van der Waals surface area contributed by atoms with Crippen LogP contribution in [-0.2, 0) is 0 Å². The average Bonchev–Trinajstić information content (AvgIpc) is 3.09. The molecule has 8 nitrogen and oxygen atoms in total. The lowest BCUT2D eigenvalue weighted by molar-refractivity contribution is 0.466. The van der Waals surface area contributed by atoms with E-state index >= 15 is 0 Å². The summed E-state index contributed by atoms with van der Waals surface area (Å²) in [5.74, 6) is 1.67. The SMILES string of the molecule is CC(Nc1nccc(Nc2cc(C3CC3F)[nH]n2)n1)c1ccc2nc[nH]c2c1. The van der Waals surface area contributed by atoms with E-state index in [9.17, 15) is 4.39 Å². The first-order chi connectivity index (χ1) is 13.7. The summed E-state index contributed by atoms with van der Waals surface area (Å²) in [4.78, 5) is 16.1. The maximum atomic E-state index is 13.2. The lowest BCUT2D eigenvalue weighted by Crippen LogP contribution is -2.10. The summed E-state index contributed by atoms with van der Waals surface area (Å²) < 4.78 is 13.2. The number of aromatic nitrogens is 6. The van der Waals surface area contributed by atoms with Gasteiger partial charge in [-0.25, -0.2) is 14.4 Å². The number of benzene rings is 1. The van der Waals surface area contributed by atoms with E-state index in [-0.39, 0.29) is 12.0 Å². The average molecular weight is 378 g/mol. The molecule has 0 saturated heterocycles. The van der Waals surface area contributed by atoms with Gasteiger partial charge in [0.2, 0.25) is 5.95 Å². The van der Waals surface area contributed by atoms with E-state index in [0.29, 0.717) is 24.0 Å². The van der Waals surface area contributed by atoms with Crippen molar-refractivity contribution in [2.24, 2.45) is 0 Å². The fourth-order valence-corrected chi connectivity index (χ4v) is 3.21. The minimum absolute atomic E-state index is 0.0105. The molecule has 4 aromatic rings. The Morgan fingerprint density at radius 1 is 1.18 bits per heavy atom. The molecule has 0 aliphatic heterocycles. The third-order valence-electron chi connectivity index (χ3n) is 4.91. The number of fused-ring (bicyclic) bond motifs is 1. The van der Waals surface area contributed by atoms with Crippen LogP contribution in [0.15, 0.2) is 42.9 Å². The zero-order valence-electron chi connectivity index (χ0n) is 15.1. The number of anilines is 3. The molecule has 142 valence electrons. The predicted octanol–water partition coefficient (Wildman–Crippen LogP) is 3.82. The second-order valence-corrected chi connectivity index (χ2v) is 7.00. The highest BCUT2D eigenvalue weighted by Gasteiger charge is 2.40. The standard InChI is InChI=1S/C19H19FN8/c1-10(11-2-3-14-16(6-11)23-9-22-14)24-19-21-5-4-17(26-19)25-18-8-15(27-28-18)12-7-13(12)20/h2-6,8-10,12-13H,7H2,1H3,(H,22,23)(H3,21,24,25,26,27,28). The van der Waals surface area contributed by atoms with Crippen molar-refractivity contribution in [3.63, 3.8) is 0 Å². The second kappa shape index (κ2) is 6.59. The van der Waals surface area contributed by atoms with E-state index in [1.54, 1.807) is 18.6 Å². The van der Waals surface area contributed by atoms with Crippen LogP contribution in [0.2, 0.25) is 0 Å². The molecule has 3 unspecified atom stereocenters. The quantitative estimate of drug-likeness (QED) is 0.406. The number of imidazole rings is 1. The number of nitrogens with one attached hydrogen (secondary N) is 4. The molecule has 5 rings (SSSR count). The van der Waals surface area contributed by atoms with Gasteiger partial charge < -0.3 is 15.6 Å². The van der Waals surface area contributed by atoms with Gasteiger partial charge in [0.25, 0.3) is 0 Å². The normalized spacial score (nSPS) is 19.5. The summed E-state index contributed by atoms with van der Waals surface area (Å²) in [6, 6.07) is 9.66. The lowest BCUT2D eigenvalue weighted by atomic mass is 10.1. The van der Waals surface area contributed by atoms with Crippen LogP contribution in [0.1, 0.15) is 36.6 Å². The zero-order valence-corrected chi connectivity index (χ0v) is 15.1. The molecule has 0 amide bonds. The third kappa shape index (κ3) is 3.26. The molecule has 1 aliphatic rings. The van der Waals surface area contributed by atoms with Crippen molar-refractivity contribution < 1.29 is 4.39 Å². The van der Waals surface area contributed by atoms with Crippen molar-refractivity contribution in [1.29, 1.82) is 0 Å². The van der Waals surface area contributed by atoms with Crippen molar-refractivity contribution >= 4 is 28.6 Å². The molecule has 0 bridgehead atoms. The summed E-state index contributed by atoms with van der Waals surface area (Å²) in [6.07, 6.45) is 3.16. The molecular formula is C19H19FN8. The molecule has 1 aliphatic carbocycles. The number of hydrogen-bond acceptors (Lipinski definition) is 6. The fraction of sp³-hybridized carbons (Fsp3) is 0.263. The molecule has 3 aromatic heterocycles. The van der Waals surface area contributed by atoms with Gasteiger partial charge in [-0.2, -0.15) is 10.1 Å². The Hall–Kier alpha value is -3.49. The van der Waals surface area contributed by atoms with E-state index in [0.717, 1.165) is 22.3 Å². The maximum absolute atomic E-state index is 13.2. The third-order valence-corrected chi connectivity index (χ3v) is 4.91. The van der Waals surface area contributed by atoms with Gasteiger partial charge in [0.15, 0.2) is 5.82 Å². The molecule has 3 atom stereocenters. The molecule has 1 aromatic carbocycles. The van der Waals surface area contributed by atoms with Gasteiger partial charge in [-0.1, -0.05) is 6.07 Å². The van der Waals surface area contributed by atoms with Crippen molar-refractivity contribution in [1.82, 2.24) is 30.1 Å². The molecule has 9 heteroatoms. The number of aromatic amines is 2. The van der Waals surface area contributed by atoms with Gasteiger partial charge in [0, 0.05) is 23.9 Å². The molecule has 1 saturated carbocycles.